The van der Waals surface area contributed by atoms with Crippen LogP contribution in [0.1, 0.15) is 49.4 Å². The van der Waals surface area contributed by atoms with Crippen molar-refractivity contribution >= 4 is 17.6 Å². The Kier molecular flexibility index (Phi) is 6.15. The lowest BCUT2D eigenvalue weighted by atomic mass is 9.88. The van der Waals surface area contributed by atoms with E-state index in [1.54, 1.807) is 25.9 Å². The number of benzene rings is 1. The van der Waals surface area contributed by atoms with Gasteiger partial charge in [-0.15, -0.1) is 0 Å². The summed E-state index contributed by atoms with van der Waals surface area (Å²) in [6.07, 6.45) is 2.97. The van der Waals surface area contributed by atoms with Crippen LogP contribution in [0.5, 0.6) is 0 Å². The molecule has 0 spiro atoms. The Morgan fingerprint density at radius 3 is 2.47 bits per heavy atom. The number of fused-ring (bicyclic) bond motifs is 1. The van der Waals surface area contributed by atoms with Crippen molar-refractivity contribution in [1.82, 2.24) is 14.8 Å². The third kappa shape index (κ3) is 4.60. The van der Waals surface area contributed by atoms with Gasteiger partial charge in [-0.1, -0.05) is 12.1 Å². The zero-order chi connectivity index (χ0) is 22.9. The number of methoxy groups -OCH3 is 1. The maximum atomic E-state index is 13.4. The van der Waals surface area contributed by atoms with Crippen LogP contribution < -0.4 is 5.32 Å². The topological polar surface area (TPSA) is 74.8 Å². The van der Waals surface area contributed by atoms with Crippen LogP contribution in [0, 0.1) is 5.82 Å². The van der Waals surface area contributed by atoms with Gasteiger partial charge in [-0.3, -0.25) is 9.78 Å². The van der Waals surface area contributed by atoms with Gasteiger partial charge in [-0.2, -0.15) is 0 Å². The molecule has 170 valence electrons. The van der Waals surface area contributed by atoms with Crippen molar-refractivity contribution in [2.45, 2.75) is 51.3 Å². The van der Waals surface area contributed by atoms with Gasteiger partial charge < -0.3 is 19.9 Å². The first-order valence-corrected chi connectivity index (χ1v) is 10.9. The summed E-state index contributed by atoms with van der Waals surface area (Å²) in [6, 6.07) is 9.07. The molecule has 0 bridgehead atoms. The minimum Gasteiger partial charge on any atom is -0.369 e. The number of rotatable bonds is 4. The lowest BCUT2D eigenvalue weighted by Crippen LogP contribution is -2.49. The van der Waals surface area contributed by atoms with E-state index >= 15 is 0 Å². The van der Waals surface area contributed by atoms with Crippen molar-refractivity contribution in [3.63, 3.8) is 0 Å². The molecule has 1 saturated heterocycles. The van der Waals surface area contributed by atoms with Gasteiger partial charge in [0.25, 0.3) is 5.91 Å². The second kappa shape index (κ2) is 8.86. The predicted molar refractivity (Wildman–Crippen MR) is 119 cm³/mol. The zero-order valence-corrected chi connectivity index (χ0v) is 18.7. The summed E-state index contributed by atoms with van der Waals surface area (Å²) in [4.78, 5) is 32.7. The Labute approximate surface area is 187 Å². The molecule has 8 heteroatoms. The highest BCUT2D eigenvalue weighted by molar-refractivity contribution is 5.89. The first-order valence-electron chi connectivity index (χ1n) is 10.9. The fraction of sp³-hybridized carbons (Fsp3) is 0.458. The van der Waals surface area contributed by atoms with E-state index in [9.17, 15) is 14.0 Å². The van der Waals surface area contributed by atoms with Gasteiger partial charge in [0, 0.05) is 32.4 Å². The van der Waals surface area contributed by atoms with E-state index < -0.39 is 5.60 Å². The Bertz CT molecular complexity index is 1000. The second-order valence-corrected chi connectivity index (χ2v) is 8.95. The molecular formula is C24H29FN4O3. The van der Waals surface area contributed by atoms with Crippen molar-refractivity contribution in [3.8, 4) is 0 Å². The highest BCUT2D eigenvalue weighted by atomic mass is 19.1. The van der Waals surface area contributed by atoms with E-state index in [1.165, 1.54) is 17.8 Å². The molecule has 1 aromatic carbocycles. The molecule has 1 aromatic heterocycles. The number of carbonyl (C=O) groups is 2. The van der Waals surface area contributed by atoms with Gasteiger partial charge in [-0.05, 0) is 61.9 Å². The number of hydrogen-bond acceptors (Lipinski definition) is 4. The summed E-state index contributed by atoms with van der Waals surface area (Å²) in [5.74, 6) is 0.0150. The summed E-state index contributed by atoms with van der Waals surface area (Å²) in [7, 11) is 1.56. The Morgan fingerprint density at radius 2 is 1.81 bits per heavy atom. The fourth-order valence-corrected chi connectivity index (χ4v) is 4.30. The first-order chi connectivity index (χ1) is 15.3. The first kappa shape index (κ1) is 22.2. The second-order valence-electron chi connectivity index (χ2n) is 8.95. The molecule has 0 unspecified atom stereocenters. The monoisotopic (exact) mass is 440 g/mol. The van der Waals surface area contributed by atoms with Crippen LogP contribution in [0.2, 0.25) is 0 Å². The number of nitrogens with one attached hydrogen (secondary N) is 1. The van der Waals surface area contributed by atoms with Crippen molar-refractivity contribution in [2.24, 2.45) is 0 Å². The summed E-state index contributed by atoms with van der Waals surface area (Å²) in [5, 5.41) is 2.91. The van der Waals surface area contributed by atoms with Crippen LogP contribution >= 0.6 is 0 Å². The maximum Gasteiger partial charge on any atom is 0.322 e. The van der Waals surface area contributed by atoms with Crippen molar-refractivity contribution in [1.29, 1.82) is 0 Å². The zero-order valence-electron chi connectivity index (χ0n) is 18.7. The summed E-state index contributed by atoms with van der Waals surface area (Å²) in [6.45, 7) is 5.73. The summed E-state index contributed by atoms with van der Waals surface area (Å²) in [5.41, 5.74) is 2.59. The minimum atomic E-state index is -0.798. The average Bonchev–Trinajstić information content (AvgIpc) is 3.22. The maximum absolute atomic E-state index is 13.4. The molecule has 0 saturated carbocycles. The number of hydrogen-bond donors (Lipinski definition) is 1. The smallest absolute Gasteiger partial charge is 0.322 e. The molecule has 2 aliphatic rings. The third-order valence-electron chi connectivity index (χ3n) is 6.46. The van der Waals surface area contributed by atoms with Gasteiger partial charge >= 0.3 is 6.03 Å². The lowest BCUT2D eigenvalue weighted by Gasteiger charge is -2.36. The molecule has 7 nitrogen and oxygen atoms in total. The molecule has 2 aromatic rings. The Hall–Kier alpha value is -3.00. The molecule has 1 N–H and O–H groups in total. The molecule has 32 heavy (non-hydrogen) atoms. The van der Waals surface area contributed by atoms with Crippen LogP contribution in [0.15, 0.2) is 36.5 Å². The molecule has 0 aliphatic carbocycles. The van der Waals surface area contributed by atoms with Gasteiger partial charge in [-0.25, -0.2) is 9.18 Å². The van der Waals surface area contributed by atoms with E-state index in [2.05, 4.69) is 10.3 Å². The van der Waals surface area contributed by atoms with E-state index in [4.69, 9.17) is 4.74 Å². The number of ether oxygens (including phenoxy) is 1. The number of likely N-dealkylation sites (tertiary alicyclic amines) is 1. The van der Waals surface area contributed by atoms with Crippen molar-refractivity contribution < 1.29 is 18.7 Å². The fourth-order valence-electron chi connectivity index (χ4n) is 4.30. The highest BCUT2D eigenvalue weighted by Gasteiger charge is 2.34. The van der Waals surface area contributed by atoms with Crippen LogP contribution in [0.25, 0.3) is 0 Å². The van der Waals surface area contributed by atoms with E-state index in [-0.39, 0.29) is 17.8 Å². The normalized spacial score (nSPS) is 16.8. The van der Waals surface area contributed by atoms with Crippen LogP contribution in [-0.4, -0.2) is 52.5 Å². The van der Waals surface area contributed by atoms with E-state index in [1.807, 2.05) is 29.2 Å². The average molecular weight is 441 g/mol. The molecule has 4 rings (SSSR count). The van der Waals surface area contributed by atoms with Crippen molar-refractivity contribution in [3.05, 3.63) is 59.2 Å². The number of piperidine rings is 1. The molecule has 2 aliphatic heterocycles. The van der Waals surface area contributed by atoms with Crippen LogP contribution in [0.3, 0.4) is 0 Å². The molecular weight excluding hydrogens is 411 g/mol. The van der Waals surface area contributed by atoms with Gasteiger partial charge in [0.1, 0.15) is 11.4 Å². The SMILES string of the molecule is COC(C)(C)C(=O)N1CCC(c2ccc(NC(=O)N3Cc4cc(F)cnc4C3)cc2)CC1. The Morgan fingerprint density at radius 1 is 1.12 bits per heavy atom. The summed E-state index contributed by atoms with van der Waals surface area (Å²) >= 11 is 0. The highest BCUT2D eigenvalue weighted by Crippen LogP contribution is 2.30. The minimum absolute atomic E-state index is 0.0264. The molecule has 0 radical (unpaired) electrons. The molecule has 0 atom stereocenters. The molecule has 3 amide bonds. The number of pyridine rings is 1. The number of amides is 3. The number of urea groups is 1. The van der Waals surface area contributed by atoms with Gasteiger partial charge in [0.15, 0.2) is 0 Å². The quantitative estimate of drug-likeness (QED) is 0.783. The number of aromatic nitrogens is 1. The van der Waals surface area contributed by atoms with Gasteiger partial charge in [0.05, 0.1) is 18.4 Å². The number of carbonyl (C=O) groups excluding carboxylic acids is 2. The largest absolute Gasteiger partial charge is 0.369 e. The lowest BCUT2D eigenvalue weighted by molar-refractivity contribution is -0.152. The van der Waals surface area contributed by atoms with Crippen LogP contribution in [0.4, 0.5) is 14.9 Å². The number of nitrogens with zero attached hydrogens (tertiary/aromatic N) is 3. The third-order valence-corrected chi connectivity index (χ3v) is 6.46. The van der Waals surface area contributed by atoms with E-state index in [0.29, 0.717) is 37.8 Å². The molecule has 3 heterocycles. The van der Waals surface area contributed by atoms with Crippen LogP contribution in [-0.2, 0) is 22.6 Å². The molecule has 1 fully saturated rings. The number of anilines is 1. The number of halogens is 1. The summed E-state index contributed by atoms with van der Waals surface area (Å²) < 4.78 is 18.7. The van der Waals surface area contributed by atoms with Crippen molar-refractivity contribution in [2.75, 3.05) is 25.5 Å². The standard InChI is InChI=1S/C24H29FN4O3/c1-24(2,32-3)22(30)28-10-8-17(9-11-28)16-4-6-20(7-5-16)27-23(31)29-14-18-12-19(25)13-26-21(18)15-29/h4-7,12-13,17H,8-11,14-15H2,1-3H3,(H,27,31). The van der Waals surface area contributed by atoms with E-state index in [0.717, 1.165) is 24.1 Å². The van der Waals surface area contributed by atoms with Gasteiger partial charge in [0.2, 0.25) is 0 Å². The predicted octanol–water partition coefficient (Wildman–Crippen LogP) is 3.90. The Balaban J connectivity index is 1.30.